The summed E-state index contributed by atoms with van der Waals surface area (Å²) < 4.78 is 4.80. The molecule has 0 bridgehead atoms. The molecule has 0 aliphatic rings. The number of methoxy groups -OCH3 is 1. The highest BCUT2D eigenvalue weighted by Gasteiger charge is 2.11. The van der Waals surface area contributed by atoms with E-state index in [1.165, 1.54) is 13.4 Å². The van der Waals surface area contributed by atoms with E-state index in [9.17, 15) is 4.79 Å². The van der Waals surface area contributed by atoms with Crippen molar-refractivity contribution in [2.24, 2.45) is 0 Å². The summed E-state index contributed by atoms with van der Waals surface area (Å²) in [5.74, 6) is 0.113. The molecule has 15 heavy (non-hydrogen) atoms. The molecule has 2 aromatic rings. The van der Waals surface area contributed by atoms with Crippen LogP contribution in [0.2, 0.25) is 0 Å². The number of imidazole rings is 1. The second-order valence-electron chi connectivity index (χ2n) is 2.59. The maximum atomic E-state index is 10.5. The van der Waals surface area contributed by atoms with Gasteiger partial charge in [0.05, 0.1) is 13.4 Å². The zero-order valence-electron chi connectivity index (χ0n) is 7.68. The molecule has 0 aliphatic heterocycles. The molecule has 2 rings (SSSR count). The molecule has 0 aromatic carbocycles. The zero-order valence-corrected chi connectivity index (χ0v) is 7.68. The summed E-state index contributed by atoms with van der Waals surface area (Å²) >= 11 is 0. The zero-order chi connectivity index (χ0) is 10.8. The monoisotopic (exact) mass is 209 g/mol. The lowest BCUT2D eigenvalue weighted by Crippen LogP contribution is -2.10. The lowest BCUT2D eigenvalue weighted by molar-refractivity contribution is 0.209. The summed E-state index contributed by atoms with van der Waals surface area (Å²) in [6, 6.07) is 0.0540. The number of aromatic amines is 1. The maximum Gasteiger partial charge on any atom is 0.410 e. The van der Waals surface area contributed by atoms with Gasteiger partial charge < -0.3 is 14.8 Å². The smallest absolute Gasteiger partial charge is 0.410 e. The number of nitrogens with zero attached hydrogens (tertiary/aromatic N) is 3. The Hall–Kier alpha value is -2.38. The first kappa shape index (κ1) is 9.19. The van der Waals surface area contributed by atoms with Crippen LogP contribution in [0, 0.1) is 0 Å². The Morgan fingerprint density at radius 1 is 1.60 bits per heavy atom. The number of nitrogens with one attached hydrogen (secondary N) is 2. The van der Waals surface area contributed by atoms with E-state index >= 15 is 0 Å². The Labute approximate surface area is 83.3 Å². The molecule has 8 nitrogen and oxygen atoms in total. The molecule has 78 valence electrons. The number of carboxylic acid groups (broad SMARTS) is 1. The highest BCUT2D eigenvalue weighted by molar-refractivity contribution is 5.92. The van der Waals surface area contributed by atoms with Gasteiger partial charge in [-0.05, 0) is 0 Å². The highest BCUT2D eigenvalue weighted by atomic mass is 16.5. The fraction of sp³-hybridized carbons (Fsp3) is 0.143. The first-order valence-electron chi connectivity index (χ1n) is 3.96. The van der Waals surface area contributed by atoms with Crippen molar-refractivity contribution >= 4 is 23.1 Å². The first-order chi connectivity index (χ1) is 7.20. The molecule has 0 saturated carbocycles. The number of hydrogen-bond acceptors (Lipinski definition) is 5. The fourth-order valence-corrected chi connectivity index (χ4v) is 1.10. The van der Waals surface area contributed by atoms with Crippen LogP contribution in [0.4, 0.5) is 10.6 Å². The standard InChI is InChI=1S/C7H7N5O3/c1-15-6-10-4-3(8-2-9-4)5(11-6)12-7(13)14/h2H,1H3,(H,13,14)(H2,8,9,10,11,12). The van der Waals surface area contributed by atoms with Crippen LogP contribution in [0.1, 0.15) is 0 Å². The summed E-state index contributed by atoms with van der Waals surface area (Å²) in [6.45, 7) is 0. The van der Waals surface area contributed by atoms with Crippen molar-refractivity contribution in [1.82, 2.24) is 19.9 Å². The molecule has 2 heterocycles. The van der Waals surface area contributed by atoms with Gasteiger partial charge in [-0.1, -0.05) is 0 Å². The van der Waals surface area contributed by atoms with Crippen LogP contribution in [-0.4, -0.2) is 38.2 Å². The topological polar surface area (TPSA) is 113 Å². The molecule has 0 aliphatic carbocycles. The van der Waals surface area contributed by atoms with Crippen molar-refractivity contribution in [2.45, 2.75) is 0 Å². The molecular formula is C7H7N5O3. The Kier molecular flexibility index (Phi) is 2.08. The van der Waals surface area contributed by atoms with E-state index < -0.39 is 6.09 Å². The molecule has 0 spiro atoms. The van der Waals surface area contributed by atoms with Crippen molar-refractivity contribution in [3.8, 4) is 6.01 Å². The van der Waals surface area contributed by atoms with Gasteiger partial charge in [0.15, 0.2) is 11.5 Å². The third-order valence-electron chi connectivity index (χ3n) is 1.67. The van der Waals surface area contributed by atoms with Gasteiger partial charge >= 0.3 is 12.1 Å². The molecule has 3 N–H and O–H groups in total. The minimum atomic E-state index is -1.22. The van der Waals surface area contributed by atoms with E-state index in [0.29, 0.717) is 11.2 Å². The fourth-order valence-electron chi connectivity index (χ4n) is 1.10. The van der Waals surface area contributed by atoms with Crippen LogP contribution >= 0.6 is 0 Å². The van der Waals surface area contributed by atoms with E-state index in [1.807, 2.05) is 0 Å². The second-order valence-corrected chi connectivity index (χ2v) is 2.59. The Balaban J connectivity index is 2.57. The van der Waals surface area contributed by atoms with E-state index in [4.69, 9.17) is 9.84 Å². The number of fused-ring (bicyclic) bond motifs is 1. The molecule has 1 amide bonds. The van der Waals surface area contributed by atoms with Crippen molar-refractivity contribution < 1.29 is 14.6 Å². The van der Waals surface area contributed by atoms with Gasteiger partial charge in [-0.2, -0.15) is 9.97 Å². The average Bonchev–Trinajstić information content (AvgIpc) is 2.64. The van der Waals surface area contributed by atoms with Gasteiger partial charge in [0.2, 0.25) is 0 Å². The van der Waals surface area contributed by atoms with E-state index in [-0.39, 0.29) is 11.8 Å². The lowest BCUT2D eigenvalue weighted by atomic mass is 10.5. The predicted molar refractivity (Wildman–Crippen MR) is 49.9 cm³/mol. The van der Waals surface area contributed by atoms with Crippen LogP contribution in [-0.2, 0) is 0 Å². The highest BCUT2D eigenvalue weighted by Crippen LogP contribution is 2.18. The third kappa shape index (κ3) is 1.64. The van der Waals surface area contributed by atoms with Crippen molar-refractivity contribution in [3.63, 3.8) is 0 Å². The van der Waals surface area contributed by atoms with Crippen LogP contribution in [0.5, 0.6) is 6.01 Å². The summed E-state index contributed by atoms with van der Waals surface area (Å²) in [5, 5.41) is 10.7. The molecule has 0 unspecified atom stereocenters. The van der Waals surface area contributed by atoms with Crippen molar-refractivity contribution in [1.29, 1.82) is 0 Å². The van der Waals surface area contributed by atoms with Crippen LogP contribution in [0.25, 0.3) is 11.2 Å². The molecule has 0 atom stereocenters. The summed E-state index contributed by atoms with van der Waals surface area (Å²) in [7, 11) is 1.39. The van der Waals surface area contributed by atoms with Gasteiger partial charge in [-0.15, -0.1) is 0 Å². The number of amides is 1. The van der Waals surface area contributed by atoms with Gasteiger partial charge in [-0.3, -0.25) is 5.32 Å². The number of anilines is 1. The quantitative estimate of drug-likeness (QED) is 0.661. The summed E-state index contributed by atoms with van der Waals surface area (Å²) in [4.78, 5) is 24.8. The minimum Gasteiger partial charge on any atom is -0.467 e. The van der Waals surface area contributed by atoms with Crippen LogP contribution in [0.15, 0.2) is 6.33 Å². The SMILES string of the molecule is COc1nc(NC(=O)O)c2[nH]cnc2n1. The van der Waals surface area contributed by atoms with Gasteiger partial charge in [0.1, 0.15) is 5.52 Å². The molecule has 0 saturated heterocycles. The number of hydrogen-bond donors (Lipinski definition) is 3. The number of carbonyl (C=O) groups is 1. The van der Waals surface area contributed by atoms with Crippen molar-refractivity contribution in [3.05, 3.63) is 6.33 Å². The number of rotatable bonds is 2. The van der Waals surface area contributed by atoms with E-state index in [2.05, 4.69) is 25.3 Å². The minimum absolute atomic E-state index is 0.0540. The Morgan fingerprint density at radius 2 is 2.40 bits per heavy atom. The third-order valence-corrected chi connectivity index (χ3v) is 1.67. The van der Waals surface area contributed by atoms with Crippen molar-refractivity contribution in [2.75, 3.05) is 12.4 Å². The number of H-pyrrole nitrogens is 1. The summed E-state index contributed by atoms with van der Waals surface area (Å²) in [5.41, 5.74) is 0.754. The maximum absolute atomic E-state index is 10.5. The molecule has 0 fully saturated rings. The molecule has 0 radical (unpaired) electrons. The predicted octanol–water partition coefficient (Wildman–Crippen LogP) is 0.451. The second kappa shape index (κ2) is 3.40. The number of ether oxygens (including phenoxy) is 1. The largest absolute Gasteiger partial charge is 0.467 e. The van der Waals surface area contributed by atoms with Crippen LogP contribution < -0.4 is 10.1 Å². The molecule has 8 heteroatoms. The van der Waals surface area contributed by atoms with Gasteiger partial charge in [-0.25, -0.2) is 9.78 Å². The molecule has 2 aromatic heterocycles. The Bertz CT molecular complexity index is 508. The van der Waals surface area contributed by atoms with E-state index in [1.54, 1.807) is 0 Å². The summed E-state index contributed by atoms with van der Waals surface area (Å²) in [6.07, 6.45) is 0.179. The van der Waals surface area contributed by atoms with E-state index in [0.717, 1.165) is 0 Å². The average molecular weight is 209 g/mol. The molecular weight excluding hydrogens is 202 g/mol. The lowest BCUT2D eigenvalue weighted by Gasteiger charge is -2.02. The van der Waals surface area contributed by atoms with Gasteiger partial charge in [0.25, 0.3) is 0 Å². The number of aromatic nitrogens is 4. The van der Waals surface area contributed by atoms with Crippen LogP contribution in [0.3, 0.4) is 0 Å². The normalized spacial score (nSPS) is 10.2. The first-order valence-corrected chi connectivity index (χ1v) is 3.96. The Morgan fingerprint density at radius 3 is 3.07 bits per heavy atom. The van der Waals surface area contributed by atoms with Gasteiger partial charge in [0, 0.05) is 0 Å².